The van der Waals surface area contributed by atoms with Gasteiger partial charge in [0.2, 0.25) is 0 Å². The molecule has 25 heavy (non-hydrogen) atoms. The molecule has 1 N–H and O–H groups in total. The average Bonchev–Trinajstić information content (AvgIpc) is 2.56. The average molecular weight is 381 g/mol. The molecule has 0 aromatic carbocycles. The molecular weight excluding hydrogens is 340 g/mol. The van der Waals surface area contributed by atoms with E-state index in [1.54, 1.807) is 0 Å². The summed E-state index contributed by atoms with van der Waals surface area (Å²) in [5.74, 6) is 0. The van der Waals surface area contributed by atoms with Crippen LogP contribution < -0.4 is 0 Å². The number of rotatable bonds is 20. The van der Waals surface area contributed by atoms with Gasteiger partial charge in [-0.2, -0.15) is 8.42 Å². The molecule has 0 amide bonds. The fourth-order valence-electron chi connectivity index (χ4n) is 2.88. The maximum Gasteiger partial charge on any atom is 0.397 e. The lowest BCUT2D eigenvalue weighted by molar-refractivity contribution is 0.0945. The molecule has 0 aliphatic carbocycles. The standard InChI is InChI=1S/C19H40O5S/c1-2-3-4-5-6-7-8-9-10-11-12-13-14-15-16-17-23-18-19-24-25(20,21)22/h2-19H2,1H3,(H,20,21,22). The van der Waals surface area contributed by atoms with Crippen molar-refractivity contribution in [2.75, 3.05) is 19.8 Å². The molecule has 152 valence electrons. The van der Waals surface area contributed by atoms with Crippen LogP contribution in [0.3, 0.4) is 0 Å². The summed E-state index contributed by atoms with van der Waals surface area (Å²) in [7, 11) is -4.33. The lowest BCUT2D eigenvalue weighted by atomic mass is 10.0. The van der Waals surface area contributed by atoms with Gasteiger partial charge in [0, 0.05) is 6.61 Å². The van der Waals surface area contributed by atoms with E-state index in [0.29, 0.717) is 6.61 Å². The van der Waals surface area contributed by atoms with Gasteiger partial charge in [0.05, 0.1) is 13.2 Å². The van der Waals surface area contributed by atoms with Crippen molar-refractivity contribution in [3.63, 3.8) is 0 Å². The van der Waals surface area contributed by atoms with Crippen LogP contribution in [0.15, 0.2) is 0 Å². The Balaban J connectivity index is 3.03. The van der Waals surface area contributed by atoms with Gasteiger partial charge in [0.1, 0.15) is 0 Å². The van der Waals surface area contributed by atoms with Gasteiger partial charge in [-0.3, -0.25) is 4.55 Å². The maximum absolute atomic E-state index is 10.3. The predicted octanol–water partition coefficient (Wildman–Crippen LogP) is 5.69. The van der Waals surface area contributed by atoms with E-state index in [2.05, 4.69) is 11.1 Å². The number of ether oxygens (including phenoxy) is 1. The van der Waals surface area contributed by atoms with Crippen LogP contribution in [-0.2, 0) is 19.3 Å². The summed E-state index contributed by atoms with van der Waals surface area (Å²) in [6.45, 7) is 2.95. The van der Waals surface area contributed by atoms with Crippen molar-refractivity contribution in [1.29, 1.82) is 0 Å². The quantitative estimate of drug-likeness (QED) is 0.217. The molecule has 0 heterocycles. The molecule has 0 aromatic heterocycles. The zero-order valence-electron chi connectivity index (χ0n) is 16.2. The van der Waals surface area contributed by atoms with Crippen molar-refractivity contribution in [1.82, 2.24) is 0 Å². The van der Waals surface area contributed by atoms with E-state index in [-0.39, 0.29) is 13.2 Å². The molecule has 5 nitrogen and oxygen atoms in total. The van der Waals surface area contributed by atoms with E-state index in [0.717, 1.165) is 12.8 Å². The molecule has 0 bridgehead atoms. The summed E-state index contributed by atoms with van der Waals surface area (Å²) in [4.78, 5) is 0. The Bertz CT molecular complexity index is 357. The largest absolute Gasteiger partial charge is 0.397 e. The smallest absolute Gasteiger partial charge is 0.379 e. The van der Waals surface area contributed by atoms with Crippen molar-refractivity contribution >= 4 is 10.4 Å². The molecule has 0 atom stereocenters. The van der Waals surface area contributed by atoms with Gasteiger partial charge in [-0.25, -0.2) is 4.18 Å². The Morgan fingerprint density at radius 3 is 1.40 bits per heavy atom. The fourth-order valence-corrected chi connectivity index (χ4v) is 3.15. The molecule has 0 radical (unpaired) electrons. The first-order chi connectivity index (χ1) is 12.1. The maximum atomic E-state index is 10.3. The molecule has 0 rings (SSSR count). The number of hydrogen-bond acceptors (Lipinski definition) is 4. The lowest BCUT2D eigenvalue weighted by Crippen LogP contribution is -2.10. The minimum Gasteiger partial charge on any atom is -0.379 e. The topological polar surface area (TPSA) is 72.8 Å². The second kappa shape index (κ2) is 18.6. The van der Waals surface area contributed by atoms with Crippen molar-refractivity contribution in [3.05, 3.63) is 0 Å². The van der Waals surface area contributed by atoms with E-state index in [9.17, 15) is 8.42 Å². The summed E-state index contributed by atoms with van der Waals surface area (Å²) in [6, 6.07) is 0. The summed E-state index contributed by atoms with van der Waals surface area (Å²) in [5.41, 5.74) is 0. The second-order valence-electron chi connectivity index (χ2n) is 6.81. The molecule has 0 saturated carbocycles. The zero-order chi connectivity index (χ0) is 18.6. The van der Waals surface area contributed by atoms with Gasteiger partial charge in [0.15, 0.2) is 0 Å². The van der Waals surface area contributed by atoms with Crippen LogP contribution in [0.25, 0.3) is 0 Å². The van der Waals surface area contributed by atoms with Gasteiger partial charge in [-0.1, -0.05) is 96.8 Å². The molecular formula is C19H40O5S. The van der Waals surface area contributed by atoms with E-state index in [1.165, 1.54) is 83.5 Å². The molecule has 0 fully saturated rings. The van der Waals surface area contributed by atoms with Crippen LogP contribution in [-0.4, -0.2) is 32.8 Å². The normalized spacial score (nSPS) is 11.9. The van der Waals surface area contributed by atoms with Gasteiger partial charge in [-0.15, -0.1) is 0 Å². The first-order valence-electron chi connectivity index (χ1n) is 10.3. The monoisotopic (exact) mass is 380 g/mol. The zero-order valence-corrected chi connectivity index (χ0v) is 17.0. The van der Waals surface area contributed by atoms with E-state index < -0.39 is 10.4 Å². The summed E-state index contributed by atoms with van der Waals surface area (Å²) in [5, 5.41) is 0. The summed E-state index contributed by atoms with van der Waals surface area (Å²) in [6.07, 6.45) is 20.0. The Morgan fingerprint density at radius 1 is 0.600 bits per heavy atom. The third-order valence-corrected chi connectivity index (χ3v) is 4.82. The third kappa shape index (κ3) is 23.8. The Morgan fingerprint density at radius 2 is 1.00 bits per heavy atom. The molecule has 0 spiro atoms. The van der Waals surface area contributed by atoms with Crippen LogP contribution in [0.1, 0.15) is 103 Å². The predicted molar refractivity (Wildman–Crippen MR) is 103 cm³/mol. The van der Waals surface area contributed by atoms with Crippen LogP contribution in [0.2, 0.25) is 0 Å². The Hall–Kier alpha value is -0.170. The molecule has 0 aliphatic heterocycles. The van der Waals surface area contributed by atoms with Crippen LogP contribution in [0, 0.1) is 0 Å². The number of hydrogen-bond donors (Lipinski definition) is 1. The number of unbranched alkanes of at least 4 members (excludes halogenated alkanes) is 14. The van der Waals surface area contributed by atoms with Crippen molar-refractivity contribution in [2.24, 2.45) is 0 Å². The first kappa shape index (κ1) is 24.8. The molecule has 0 unspecified atom stereocenters. The van der Waals surface area contributed by atoms with Crippen molar-refractivity contribution in [3.8, 4) is 0 Å². The minimum atomic E-state index is -4.33. The summed E-state index contributed by atoms with van der Waals surface area (Å²) < 4.78 is 38.3. The van der Waals surface area contributed by atoms with E-state index in [4.69, 9.17) is 9.29 Å². The Kier molecular flexibility index (Phi) is 18.5. The summed E-state index contributed by atoms with van der Waals surface area (Å²) >= 11 is 0. The fraction of sp³-hybridized carbons (Fsp3) is 1.00. The lowest BCUT2D eigenvalue weighted by Gasteiger charge is -2.04. The third-order valence-electron chi connectivity index (χ3n) is 4.35. The minimum absolute atomic E-state index is 0.127. The van der Waals surface area contributed by atoms with Crippen LogP contribution in [0.5, 0.6) is 0 Å². The highest BCUT2D eigenvalue weighted by molar-refractivity contribution is 7.80. The van der Waals surface area contributed by atoms with Crippen LogP contribution in [0.4, 0.5) is 0 Å². The Labute approximate surface area is 155 Å². The van der Waals surface area contributed by atoms with Crippen molar-refractivity contribution < 1.29 is 21.9 Å². The highest BCUT2D eigenvalue weighted by Gasteiger charge is 2.02. The molecule has 0 aromatic rings. The molecule has 0 saturated heterocycles. The van der Waals surface area contributed by atoms with E-state index in [1.807, 2.05) is 0 Å². The van der Waals surface area contributed by atoms with Gasteiger partial charge >= 0.3 is 10.4 Å². The van der Waals surface area contributed by atoms with Crippen LogP contribution >= 0.6 is 0 Å². The highest BCUT2D eigenvalue weighted by atomic mass is 32.3. The highest BCUT2D eigenvalue weighted by Crippen LogP contribution is 2.13. The van der Waals surface area contributed by atoms with Gasteiger partial charge < -0.3 is 4.74 Å². The molecule has 6 heteroatoms. The van der Waals surface area contributed by atoms with Crippen molar-refractivity contribution in [2.45, 2.75) is 103 Å². The van der Waals surface area contributed by atoms with Gasteiger partial charge in [-0.05, 0) is 6.42 Å². The molecule has 0 aliphatic rings. The van der Waals surface area contributed by atoms with Gasteiger partial charge in [0.25, 0.3) is 0 Å². The first-order valence-corrected chi connectivity index (χ1v) is 11.6. The second-order valence-corrected chi connectivity index (χ2v) is 7.90. The SMILES string of the molecule is CCCCCCCCCCCCCCCCCOCCOS(=O)(=O)O. The van der Waals surface area contributed by atoms with E-state index >= 15 is 0 Å².